The second kappa shape index (κ2) is 8.87. The summed E-state index contributed by atoms with van der Waals surface area (Å²) in [4.78, 5) is -0.273. The maximum absolute atomic E-state index is 11.9. The Bertz CT molecular complexity index is 785. The number of hydrogen-bond donors (Lipinski definition) is 2. The summed E-state index contributed by atoms with van der Waals surface area (Å²) in [5.41, 5.74) is 0.366. The molecule has 0 aliphatic rings. The lowest BCUT2D eigenvalue weighted by atomic mass is 10.0. The van der Waals surface area contributed by atoms with Crippen LogP contribution in [-0.4, -0.2) is 18.1 Å². The Kier molecular flexibility index (Phi) is 6.84. The minimum absolute atomic E-state index is 0.0720. The topological polar surface area (TPSA) is 83.8 Å². The van der Waals surface area contributed by atoms with Gasteiger partial charge in [0.15, 0.2) is 5.75 Å². The van der Waals surface area contributed by atoms with E-state index in [1.807, 2.05) is 0 Å². The molecule has 0 bridgehead atoms. The Balaban J connectivity index is 2.32. The molecule has 0 aliphatic heterocycles. The van der Waals surface area contributed by atoms with Crippen molar-refractivity contribution in [3.8, 4) is 17.2 Å². The van der Waals surface area contributed by atoms with Gasteiger partial charge >= 0.3 is 0 Å². The van der Waals surface area contributed by atoms with Gasteiger partial charge in [-0.05, 0) is 36.6 Å². The first-order valence-electron chi connectivity index (χ1n) is 8.48. The van der Waals surface area contributed by atoms with E-state index in [4.69, 9.17) is 4.74 Å². The smallest absolute Gasteiger partial charge is 0.298 e. The molecule has 0 aromatic heterocycles. The van der Waals surface area contributed by atoms with Crippen LogP contribution in [0.1, 0.15) is 44.6 Å². The molecule has 2 rings (SSSR count). The van der Waals surface area contributed by atoms with Crippen molar-refractivity contribution in [3.05, 3.63) is 48.0 Å². The third-order valence-electron chi connectivity index (χ3n) is 3.90. The molecule has 0 saturated carbocycles. The molecular formula is C19H24O5S. The van der Waals surface area contributed by atoms with Crippen molar-refractivity contribution in [1.82, 2.24) is 0 Å². The zero-order valence-electron chi connectivity index (χ0n) is 14.3. The van der Waals surface area contributed by atoms with Crippen molar-refractivity contribution in [2.75, 3.05) is 0 Å². The van der Waals surface area contributed by atoms with Crippen LogP contribution in [0.5, 0.6) is 17.2 Å². The van der Waals surface area contributed by atoms with E-state index < -0.39 is 10.1 Å². The van der Waals surface area contributed by atoms with E-state index in [1.165, 1.54) is 12.1 Å². The predicted molar refractivity (Wildman–Crippen MR) is 96.9 cm³/mol. The summed E-state index contributed by atoms with van der Waals surface area (Å²) in [6.45, 7) is 2.12. The maximum Gasteiger partial charge on any atom is 0.298 e. The highest BCUT2D eigenvalue weighted by Gasteiger charge is 2.23. The first-order chi connectivity index (χ1) is 11.9. The minimum atomic E-state index is -4.48. The number of phenols is 1. The van der Waals surface area contributed by atoms with Crippen LogP contribution in [0.3, 0.4) is 0 Å². The molecule has 0 saturated heterocycles. The molecule has 2 aromatic rings. The third kappa shape index (κ3) is 5.76. The lowest BCUT2D eigenvalue weighted by Gasteiger charge is -2.14. The number of hydrogen-bond acceptors (Lipinski definition) is 4. The van der Waals surface area contributed by atoms with E-state index in [-0.39, 0.29) is 16.4 Å². The van der Waals surface area contributed by atoms with Gasteiger partial charge in [-0.2, -0.15) is 8.42 Å². The van der Waals surface area contributed by atoms with Gasteiger partial charge in [0, 0.05) is 6.07 Å². The SMILES string of the molecule is CCCCCCCc1cc(O)cc(Oc2ccccc2)c1S(=O)(=O)O. The number of phenolic OH excluding ortho intramolecular Hbond substituents is 1. The van der Waals surface area contributed by atoms with Gasteiger partial charge in [-0.15, -0.1) is 0 Å². The minimum Gasteiger partial charge on any atom is -0.508 e. The standard InChI is InChI=1S/C19H24O5S/c1-2-3-4-5-7-10-15-13-16(20)14-18(19(15)25(21,22)23)24-17-11-8-6-9-12-17/h6,8-9,11-14,20H,2-5,7,10H2,1H3,(H,21,22,23). The molecule has 136 valence electrons. The summed E-state index contributed by atoms with van der Waals surface area (Å²) in [7, 11) is -4.48. The van der Waals surface area contributed by atoms with Gasteiger partial charge in [0.05, 0.1) is 0 Å². The first kappa shape index (κ1) is 19.3. The Hall–Kier alpha value is -2.05. The van der Waals surface area contributed by atoms with E-state index in [2.05, 4.69) is 6.92 Å². The van der Waals surface area contributed by atoms with Crippen molar-refractivity contribution in [2.45, 2.75) is 50.3 Å². The van der Waals surface area contributed by atoms with Crippen LogP contribution in [0.25, 0.3) is 0 Å². The highest BCUT2D eigenvalue weighted by Crippen LogP contribution is 2.36. The lowest BCUT2D eigenvalue weighted by Crippen LogP contribution is -2.06. The Labute approximate surface area is 149 Å². The fourth-order valence-electron chi connectivity index (χ4n) is 2.73. The zero-order chi connectivity index (χ0) is 18.3. The number of aromatic hydroxyl groups is 1. The molecule has 5 nitrogen and oxygen atoms in total. The second-order valence-electron chi connectivity index (χ2n) is 5.99. The van der Waals surface area contributed by atoms with Crippen LogP contribution < -0.4 is 4.74 Å². The van der Waals surface area contributed by atoms with Crippen LogP contribution in [-0.2, 0) is 16.5 Å². The summed E-state index contributed by atoms with van der Waals surface area (Å²) in [6, 6.07) is 11.2. The monoisotopic (exact) mass is 364 g/mol. The van der Waals surface area contributed by atoms with E-state index >= 15 is 0 Å². The molecule has 0 unspecified atom stereocenters. The summed E-state index contributed by atoms with van der Waals surface area (Å²) in [6.07, 6.45) is 5.51. The second-order valence-corrected chi connectivity index (χ2v) is 7.34. The molecule has 25 heavy (non-hydrogen) atoms. The molecule has 0 radical (unpaired) electrons. The Morgan fingerprint density at radius 3 is 2.32 bits per heavy atom. The lowest BCUT2D eigenvalue weighted by molar-refractivity contribution is 0.434. The molecule has 0 amide bonds. The predicted octanol–water partition coefficient (Wildman–Crippen LogP) is 4.94. The van der Waals surface area contributed by atoms with Gasteiger partial charge in [-0.25, -0.2) is 0 Å². The molecule has 0 fully saturated rings. The normalized spacial score (nSPS) is 11.4. The average molecular weight is 364 g/mol. The Morgan fingerprint density at radius 1 is 1.00 bits per heavy atom. The highest BCUT2D eigenvalue weighted by atomic mass is 32.2. The van der Waals surface area contributed by atoms with Crippen LogP contribution in [0.15, 0.2) is 47.4 Å². The number of para-hydroxylation sites is 1. The fraction of sp³-hybridized carbons (Fsp3) is 0.368. The first-order valence-corrected chi connectivity index (χ1v) is 9.92. The highest BCUT2D eigenvalue weighted by molar-refractivity contribution is 7.86. The molecule has 2 N–H and O–H groups in total. The molecule has 0 aliphatic carbocycles. The van der Waals surface area contributed by atoms with Crippen molar-refractivity contribution in [2.24, 2.45) is 0 Å². The Morgan fingerprint density at radius 2 is 1.68 bits per heavy atom. The van der Waals surface area contributed by atoms with Crippen molar-refractivity contribution < 1.29 is 22.8 Å². The van der Waals surface area contributed by atoms with Gasteiger partial charge in [-0.3, -0.25) is 4.55 Å². The molecule has 6 heteroatoms. The van der Waals surface area contributed by atoms with Crippen molar-refractivity contribution >= 4 is 10.1 Å². The number of benzene rings is 2. The summed E-state index contributed by atoms with van der Waals surface area (Å²) in [5, 5.41) is 9.95. The summed E-state index contributed by atoms with van der Waals surface area (Å²) < 4.78 is 39.1. The number of unbranched alkanes of at least 4 members (excludes halogenated alkanes) is 4. The summed E-state index contributed by atoms with van der Waals surface area (Å²) >= 11 is 0. The number of ether oxygens (including phenoxy) is 1. The molecule has 0 spiro atoms. The van der Waals surface area contributed by atoms with E-state index in [9.17, 15) is 18.1 Å². The van der Waals surface area contributed by atoms with E-state index in [0.29, 0.717) is 17.7 Å². The molecule has 0 heterocycles. The van der Waals surface area contributed by atoms with Gasteiger partial charge in [0.25, 0.3) is 10.1 Å². The number of rotatable bonds is 9. The quantitative estimate of drug-likeness (QED) is 0.486. The van der Waals surface area contributed by atoms with Crippen LogP contribution in [0.2, 0.25) is 0 Å². The summed E-state index contributed by atoms with van der Waals surface area (Å²) in [5.74, 6) is 0.256. The largest absolute Gasteiger partial charge is 0.508 e. The van der Waals surface area contributed by atoms with E-state index in [1.54, 1.807) is 30.3 Å². The van der Waals surface area contributed by atoms with Gasteiger partial charge in [0.2, 0.25) is 0 Å². The van der Waals surface area contributed by atoms with E-state index in [0.717, 1.165) is 32.1 Å². The van der Waals surface area contributed by atoms with Gasteiger partial charge in [-0.1, -0.05) is 50.8 Å². The van der Waals surface area contributed by atoms with Crippen molar-refractivity contribution in [1.29, 1.82) is 0 Å². The average Bonchev–Trinajstić information content (AvgIpc) is 2.54. The van der Waals surface area contributed by atoms with Crippen molar-refractivity contribution in [3.63, 3.8) is 0 Å². The number of aryl methyl sites for hydroxylation is 1. The zero-order valence-corrected chi connectivity index (χ0v) is 15.1. The van der Waals surface area contributed by atoms with Crippen LogP contribution in [0.4, 0.5) is 0 Å². The maximum atomic E-state index is 11.9. The third-order valence-corrected chi connectivity index (χ3v) is 4.87. The molecular weight excluding hydrogens is 340 g/mol. The molecule has 0 atom stereocenters. The molecule has 2 aromatic carbocycles. The van der Waals surface area contributed by atoms with Crippen LogP contribution in [0, 0.1) is 0 Å². The van der Waals surface area contributed by atoms with Gasteiger partial charge in [0.1, 0.15) is 16.4 Å². The van der Waals surface area contributed by atoms with Crippen LogP contribution >= 0.6 is 0 Å². The van der Waals surface area contributed by atoms with Gasteiger partial charge < -0.3 is 9.84 Å². The fourth-order valence-corrected chi connectivity index (χ4v) is 3.58.